The van der Waals surface area contributed by atoms with Crippen molar-refractivity contribution in [1.82, 2.24) is 10.6 Å². The number of methoxy groups -OCH3 is 1. The Balaban J connectivity index is 2.85. The second kappa shape index (κ2) is 6.55. The van der Waals surface area contributed by atoms with Gasteiger partial charge in [0, 0.05) is 30.8 Å². The molecule has 0 bridgehead atoms. The molecule has 1 rings (SSSR count). The molecule has 2 N–H and O–H groups in total. The first kappa shape index (κ1) is 13.9. The van der Waals surface area contributed by atoms with Gasteiger partial charge in [0.25, 0.3) is 5.91 Å². The maximum absolute atomic E-state index is 11.7. The van der Waals surface area contributed by atoms with Gasteiger partial charge in [0.2, 0.25) is 0 Å². The van der Waals surface area contributed by atoms with Crippen molar-refractivity contribution in [2.45, 2.75) is 0 Å². The van der Waals surface area contributed by atoms with Crippen LogP contribution in [0.15, 0.2) is 18.2 Å². The molecule has 0 radical (unpaired) electrons. The lowest BCUT2D eigenvalue weighted by molar-refractivity contribution is -0.385. The Bertz CT molecular complexity index is 448. The molecule has 7 nitrogen and oxygen atoms in total. The Morgan fingerprint density at radius 1 is 1.44 bits per heavy atom. The minimum atomic E-state index is -0.554. The number of ether oxygens (including phenoxy) is 1. The van der Waals surface area contributed by atoms with Crippen molar-refractivity contribution in [3.63, 3.8) is 0 Å². The lowest BCUT2D eigenvalue weighted by Crippen LogP contribution is -2.30. The van der Waals surface area contributed by atoms with Crippen molar-refractivity contribution in [2.75, 3.05) is 27.2 Å². The van der Waals surface area contributed by atoms with Gasteiger partial charge in [-0.15, -0.1) is 0 Å². The number of carbonyl (C=O) groups excluding carboxylic acids is 1. The molecule has 0 aromatic heterocycles. The number of nitro groups is 1. The summed E-state index contributed by atoms with van der Waals surface area (Å²) >= 11 is 0. The molecule has 0 saturated heterocycles. The van der Waals surface area contributed by atoms with Crippen LogP contribution in [-0.2, 0) is 0 Å². The minimum absolute atomic E-state index is 0.0706. The summed E-state index contributed by atoms with van der Waals surface area (Å²) in [5.41, 5.74) is 0.165. The van der Waals surface area contributed by atoms with E-state index < -0.39 is 4.92 Å². The second-order valence-electron chi connectivity index (χ2n) is 3.50. The quantitative estimate of drug-likeness (QED) is 0.439. The third kappa shape index (κ3) is 3.42. The molecule has 7 heteroatoms. The summed E-state index contributed by atoms with van der Waals surface area (Å²) in [7, 11) is 3.10. The molecule has 1 aromatic rings. The summed E-state index contributed by atoms with van der Waals surface area (Å²) in [4.78, 5) is 21.8. The Hall–Kier alpha value is -2.15. The summed E-state index contributed by atoms with van der Waals surface area (Å²) in [5.74, 6) is -0.222. The minimum Gasteiger partial charge on any atom is -0.490 e. The first-order valence-electron chi connectivity index (χ1n) is 5.35. The van der Waals surface area contributed by atoms with Crippen LogP contribution in [0.2, 0.25) is 0 Å². The van der Waals surface area contributed by atoms with Gasteiger partial charge in [-0.3, -0.25) is 14.9 Å². The highest BCUT2D eigenvalue weighted by Gasteiger charge is 2.17. The monoisotopic (exact) mass is 253 g/mol. The number of amides is 1. The van der Waals surface area contributed by atoms with Crippen molar-refractivity contribution in [2.24, 2.45) is 0 Å². The summed E-state index contributed by atoms with van der Waals surface area (Å²) < 4.78 is 4.89. The van der Waals surface area contributed by atoms with Crippen LogP contribution in [0.1, 0.15) is 10.4 Å². The number of nitrogens with zero attached hydrogens (tertiary/aromatic N) is 1. The Kier molecular flexibility index (Phi) is 5.06. The van der Waals surface area contributed by atoms with Crippen molar-refractivity contribution in [3.05, 3.63) is 33.9 Å². The van der Waals surface area contributed by atoms with E-state index >= 15 is 0 Å². The lowest BCUT2D eigenvalue weighted by Gasteiger charge is -2.06. The molecule has 0 aliphatic heterocycles. The maximum Gasteiger partial charge on any atom is 0.310 e. The molecule has 0 aliphatic rings. The number of rotatable bonds is 6. The van der Waals surface area contributed by atoms with E-state index in [0.717, 1.165) is 0 Å². The van der Waals surface area contributed by atoms with E-state index in [9.17, 15) is 14.9 Å². The fraction of sp³-hybridized carbons (Fsp3) is 0.364. The molecule has 0 spiro atoms. The largest absolute Gasteiger partial charge is 0.490 e. The number of nitrogens with one attached hydrogen (secondary N) is 2. The topological polar surface area (TPSA) is 93.5 Å². The lowest BCUT2D eigenvalue weighted by atomic mass is 10.1. The zero-order valence-corrected chi connectivity index (χ0v) is 10.2. The van der Waals surface area contributed by atoms with Crippen LogP contribution in [0.5, 0.6) is 5.75 Å². The number of benzene rings is 1. The van der Waals surface area contributed by atoms with Crippen LogP contribution in [0, 0.1) is 10.1 Å². The summed E-state index contributed by atoms with van der Waals surface area (Å²) in [5, 5.41) is 16.3. The van der Waals surface area contributed by atoms with Gasteiger partial charge in [0.1, 0.15) is 0 Å². The first-order valence-corrected chi connectivity index (χ1v) is 5.35. The normalized spacial score (nSPS) is 9.89. The number of hydrogen-bond acceptors (Lipinski definition) is 5. The van der Waals surface area contributed by atoms with Crippen LogP contribution < -0.4 is 15.4 Å². The molecule has 0 heterocycles. The van der Waals surface area contributed by atoms with Crippen molar-refractivity contribution < 1.29 is 14.5 Å². The van der Waals surface area contributed by atoms with Crippen LogP contribution in [0.4, 0.5) is 5.69 Å². The highest BCUT2D eigenvalue weighted by atomic mass is 16.6. The molecular weight excluding hydrogens is 238 g/mol. The molecule has 1 aromatic carbocycles. The Morgan fingerprint density at radius 2 is 2.17 bits per heavy atom. The van der Waals surface area contributed by atoms with E-state index in [1.165, 1.54) is 25.3 Å². The predicted octanol–water partition coefficient (Wildman–Crippen LogP) is 0.553. The molecule has 1 amide bonds. The van der Waals surface area contributed by atoms with E-state index in [4.69, 9.17) is 4.74 Å². The van der Waals surface area contributed by atoms with Gasteiger partial charge in [0.15, 0.2) is 5.75 Å². The van der Waals surface area contributed by atoms with Crippen LogP contribution >= 0.6 is 0 Å². The van der Waals surface area contributed by atoms with Crippen LogP contribution in [0.3, 0.4) is 0 Å². The average molecular weight is 253 g/mol. The van der Waals surface area contributed by atoms with Crippen molar-refractivity contribution in [3.8, 4) is 5.75 Å². The second-order valence-corrected chi connectivity index (χ2v) is 3.50. The van der Waals surface area contributed by atoms with Gasteiger partial charge in [-0.2, -0.15) is 0 Å². The highest BCUT2D eigenvalue weighted by Crippen LogP contribution is 2.27. The van der Waals surface area contributed by atoms with Crippen LogP contribution in [0.25, 0.3) is 0 Å². The molecule has 18 heavy (non-hydrogen) atoms. The summed E-state index contributed by atoms with van der Waals surface area (Å²) in [6.45, 7) is 1.13. The van der Waals surface area contributed by atoms with E-state index in [1.807, 2.05) is 0 Å². The maximum atomic E-state index is 11.7. The molecule has 0 fully saturated rings. The molecule has 0 aliphatic carbocycles. The highest BCUT2D eigenvalue weighted by molar-refractivity contribution is 5.95. The Morgan fingerprint density at radius 3 is 2.72 bits per heavy atom. The fourth-order valence-corrected chi connectivity index (χ4v) is 1.37. The predicted molar refractivity (Wildman–Crippen MR) is 65.9 cm³/mol. The van der Waals surface area contributed by atoms with E-state index in [2.05, 4.69) is 10.6 Å². The van der Waals surface area contributed by atoms with Gasteiger partial charge >= 0.3 is 5.69 Å². The molecule has 0 saturated carbocycles. The van der Waals surface area contributed by atoms with Crippen LogP contribution in [-0.4, -0.2) is 38.1 Å². The van der Waals surface area contributed by atoms with E-state index in [0.29, 0.717) is 18.7 Å². The zero-order chi connectivity index (χ0) is 13.5. The fourth-order valence-electron chi connectivity index (χ4n) is 1.37. The Labute approximate surface area is 104 Å². The van der Waals surface area contributed by atoms with Crippen molar-refractivity contribution >= 4 is 11.6 Å². The standard InChI is InChI=1S/C11H15N3O4/c1-12-5-6-13-11(15)8-3-4-9(14(16)17)10(7-8)18-2/h3-4,7,12H,5-6H2,1-2H3,(H,13,15). The van der Waals surface area contributed by atoms with Gasteiger partial charge in [-0.05, 0) is 13.1 Å². The summed E-state index contributed by atoms with van der Waals surface area (Å²) in [6, 6.07) is 4.01. The van der Waals surface area contributed by atoms with Crippen molar-refractivity contribution in [1.29, 1.82) is 0 Å². The summed E-state index contributed by atoms with van der Waals surface area (Å²) in [6.07, 6.45) is 0. The molecular formula is C11H15N3O4. The number of carbonyl (C=O) groups is 1. The van der Waals surface area contributed by atoms with E-state index in [1.54, 1.807) is 7.05 Å². The zero-order valence-electron chi connectivity index (χ0n) is 10.2. The third-order valence-corrected chi connectivity index (χ3v) is 2.30. The SMILES string of the molecule is CNCCNC(=O)c1ccc([N+](=O)[O-])c(OC)c1. The number of likely N-dealkylation sites (N-methyl/N-ethyl adjacent to an activating group) is 1. The first-order chi connectivity index (χ1) is 8.60. The number of hydrogen-bond donors (Lipinski definition) is 2. The smallest absolute Gasteiger partial charge is 0.310 e. The van der Waals surface area contributed by atoms with Gasteiger partial charge < -0.3 is 15.4 Å². The molecule has 98 valence electrons. The van der Waals surface area contributed by atoms with Gasteiger partial charge in [0.05, 0.1) is 12.0 Å². The van der Waals surface area contributed by atoms with E-state index in [-0.39, 0.29) is 17.3 Å². The third-order valence-electron chi connectivity index (χ3n) is 2.30. The molecule has 0 unspecified atom stereocenters. The van der Waals surface area contributed by atoms with Gasteiger partial charge in [-0.25, -0.2) is 0 Å². The average Bonchev–Trinajstić information content (AvgIpc) is 2.37. The van der Waals surface area contributed by atoms with Gasteiger partial charge in [-0.1, -0.05) is 0 Å². The number of nitro benzene ring substituents is 1. The molecule has 0 atom stereocenters.